The Morgan fingerprint density at radius 1 is 0.962 bits per heavy atom. The van der Waals surface area contributed by atoms with Gasteiger partial charge in [-0.25, -0.2) is 0 Å². The zero-order chi connectivity index (χ0) is 18.9. The summed E-state index contributed by atoms with van der Waals surface area (Å²) in [4.78, 5) is 0. The first-order valence-corrected chi connectivity index (χ1v) is 9.75. The summed E-state index contributed by atoms with van der Waals surface area (Å²) in [6, 6.07) is 16.8. The standard InChI is InChI=1S/C22H30N2OS/c1-16(2)19-9-11-20(12-10-19)24-22(26)23-15-5-6-18-7-13-21(14-8-18)25-17(3)4/h7-14,16-17H,5-6,15H2,1-4H3,(H2,23,24,26). The molecule has 140 valence electrons. The molecule has 0 amide bonds. The van der Waals surface area contributed by atoms with Gasteiger partial charge in [0.25, 0.3) is 0 Å². The Labute approximate surface area is 163 Å². The van der Waals surface area contributed by atoms with Gasteiger partial charge >= 0.3 is 0 Å². The van der Waals surface area contributed by atoms with Crippen molar-refractivity contribution >= 4 is 23.0 Å². The second-order valence-corrected chi connectivity index (χ2v) is 7.48. The van der Waals surface area contributed by atoms with Gasteiger partial charge in [-0.3, -0.25) is 0 Å². The third kappa shape index (κ3) is 7.04. The van der Waals surface area contributed by atoms with Crippen LogP contribution in [0.2, 0.25) is 0 Å². The lowest BCUT2D eigenvalue weighted by Gasteiger charge is -2.12. The van der Waals surface area contributed by atoms with Crippen LogP contribution >= 0.6 is 12.2 Å². The summed E-state index contributed by atoms with van der Waals surface area (Å²) in [6.07, 6.45) is 2.25. The summed E-state index contributed by atoms with van der Waals surface area (Å²) >= 11 is 5.37. The molecular weight excluding hydrogens is 340 g/mol. The highest BCUT2D eigenvalue weighted by molar-refractivity contribution is 7.80. The summed E-state index contributed by atoms with van der Waals surface area (Å²) in [5, 5.41) is 7.18. The molecule has 0 fully saturated rings. The van der Waals surface area contributed by atoms with Gasteiger partial charge in [0.1, 0.15) is 5.75 Å². The largest absolute Gasteiger partial charge is 0.491 e. The van der Waals surface area contributed by atoms with Gasteiger partial charge in [0.15, 0.2) is 5.11 Å². The van der Waals surface area contributed by atoms with Crippen LogP contribution < -0.4 is 15.4 Å². The van der Waals surface area contributed by atoms with Gasteiger partial charge in [-0.15, -0.1) is 0 Å². The molecule has 0 aliphatic heterocycles. The Kier molecular flexibility index (Phi) is 7.92. The molecule has 2 N–H and O–H groups in total. The zero-order valence-corrected chi connectivity index (χ0v) is 17.0. The highest BCUT2D eigenvalue weighted by Gasteiger charge is 2.02. The summed E-state index contributed by atoms with van der Waals surface area (Å²) in [7, 11) is 0. The van der Waals surface area contributed by atoms with Crippen molar-refractivity contribution in [2.45, 2.75) is 52.6 Å². The predicted molar refractivity (Wildman–Crippen MR) is 115 cm³/mol. The van der Waals surface area contributed by atoms with Gasteiger partial charge in [-0.2, -0.15) is 0 Å². The van der Waals surface area contributed by atoms with Crippen molar-refractivity contribution in [3.63, 3.8) is 0 Å². The minimum absolute atomic E-state index is 0.208. The van der Waals surface area contributed by atoms with Crippen molar-refractivity contribution < 1.29 is 4.74 Å². The van der Waals surface area contributed by atoms with Crippen LogP contribution in [0.1, 0.15) is 51.2 Å². The van der Waals surface area contributed by atoms with Crippen molar-refractivity contribution in [1.29, 1.82) is 0 Å². The second-order valence-electron chi connectivity index (χ2n) is 7.07. The molecule has 0 spiro atoms. The number of nitrogens with one attached hydrogen (secondary N) is 2. The molecule has 26 heavy (non-hydrogen) atoms. The van der Waals surface area contributed by atoms with E-state index in [1.54, 1.807) is 0 Å². The molecule has 3 nitrogen and oxygen atoms in total. The van der Waals surface area contributed by atoms with Crippen LogP contribution in [0.25, 0.3) is 0 Å². The SMILES string of the molecule is CC(C)Oc1ccc(CCCNC(=S)Nc2ccc(C(C)C)cc2)cc1. The number of hydrogen-bond acceptors (Lipinski definition) is 2. The average molecular weight is 371 g/mol. The van der Waals surface area contributed by atoms with Gasteiger partial charge in [0.05, 0.1) is 6.10 Å². The summed E-state index contributed by atoms with van der Waals surface area (Å²) in [5.41, 5.74) is 3.66. The third-order valence-corrected chi connectivity index (χ3v) is 4.30. The first-order valence-electron chi connectivity index (χ1n) is 9.34. The molecule has 0 atom stereocenters. The second kappa shape index (κ2) is 10.2. The maximum Gasteiger partial charge on any atom is 0.170 e. The molecule has 4 heteroatoms. The van der Waals surface area contributed by atoms with E-state index in [4.69, 9.17) is 17.0 Å². The molecule has 0 bridgehead atoms. The summed E-state index contributed by atoms with van der Waals surface area (Å²) < 4.78 is 5.67. The van der Waals surface area contributed by atoms with Crippen LogP contribution in [-0.4, -0.2) is 17.8 Å². The fourth-order valence-electron chi connectivity index (χ4n) is 2.63. The lowest BCUT2D eigenvalue weighted by atomic mass is 10.0. The van der Waals surface area contributed by atoms with Crippen LogP contribution in [0.15, 0.2) is 48.5 Å². The zero-order valence-electron chi connectivity index (χ0n) is 16.2. The van der Waals surface area contributed by atoms with Crippen LogP contribution in [0.5, 0.6) is 5.75 Å². The van der Waals surface area contributed by atoms with Crippen LogP contribution in [0, 0.1) is 0 Å². The number of hydrogen-bond donors (Lipinski definition) is 2. The van der Waals surface area contributed by atoms with Crippen molar-refractivity contribution in [2.24, 2.45) is 0 Å². The summed E-state index contributed by atoms with van der Waals surface area (Å²) in [5.74, 6) is 1.47. The Hall–Kier alpha value is -2.07. The van der Waals surface area contributed by atoms with E-state index in [0.29, 0.717) is 11.0 Å². The smallest absolute Gasteiger partial charge is 0.170 e. The molecule has 0 saturated heterocycles. The average Bonchev–Trinajstić information content (AvgIpc) is 2.60. The maximum atomic E-state index is 5.67. The van der Waals surface area contributed by atoms with Gasteiger partial charge in [-0.1, -0.05) is 38.1 Å². The Morgan fingerprint density at radius 2 is 1.62 bits per heavy atom. The molecule has 0 aromatic heterocycles. The van der Waals surface area contributed by atoms with E-state index in [-0.39, 0.29) is 6.10 Å². The van der Waals surface area contributed by atoms with Gasteiger partial charge in [-0.05, 0) is 80.2 Å². The lowest BCUT2D eigenvalue weighted by molar-refractivity contribution is 0.242. The Bertz CT molecular complexity index is 678. The van der Waals surface area contributed by atoms with Crippen molar-refractivity contribution in [3.05, 3.63) is 59.7 Å². The van der Waals surface area contributed by atoms with E-state index in [2.05, 4.69) is 60.9 Å². The normalized spacial score (nSPS) is 10.8. The first kappa shape index (κ1) is 20.2. The predicted octanol–water partition coefficient (Wildman–Crippen LogP) is 5.52. The Morgan fingerprint density at radius 3 is 2.19 bits per heavy atom. The minimum Gasteiger partial charge on any atom is -0.491 e. The van der Waals surface area contributed by atoms with Gasteiger partial charge < -0.3 is 15.4 Å². The number of aryl methyl sites for hydroxylation is 1. The molecule has 0 saturated carbocycles. The van der Waals surface area contributed by atoms with E-state index in [1.165, 1.54) is 11.1 Å². The molecule has 0 aliphatic rings. The number of thiocarbonyl (C=S) groups is 1. The van der Waals surface area contributed by atoms with Crippen molar-refractivity contribution in [2.75, 3.05) is 11.9 Å². The fourth-order valence-corrected chi connectivity index (χ4v) is 2.85. The molecule has 0 radical (unpaired) electrons. The molecule has 0 aliphatic carbocycles. The van der Waals surface area contributed by atoms with E-state index < -0.39 is 0 Å². The summed E-state index contributed by atoms with van der Waals surface area (Å²) in [6.45, 7) is 9.31. The fraction of sp³-hybridized carbons (Fsp3) is 0.409. The monoisotopic (exact) mass is 370 g/mol. The molecule has 2 rings (SSSR count). The van der Waals surface area contributed by atoms with E-state index >= 15 is 0 Å². The van der Waals surface area contributed by atoms with Crippen LogP contribution in [-0.2, 0) is 6.42 Å². The Balaban J connectivity index is 1.68. The van der Waals surface area contributed by atoms with Gasteiger partial charge in [0.2, 0.25) is 0 Å². The number of rotatable bonds is 8. The maximum absolute atomic E-state index is 5.67. The van der Waals surface area contributed by atoms with Crippen molar-refractivity contribution in [3.8, 4) is 5.75 Å². The topological polar surface area (TPSA) is 33.3 Å². The number of anilines is 1. The molecular formula is C22H30N2OS. The van der Waals surface area contributed by atoms with E-state index in [9.17, 15) is 0 Å². The van der Waals surface area contributed by atoms with Crippen molar-refractivity contribution in [1.82, 2.24) is 5.32 Å². The van der Waals surface area contributed by atoms with Gasteiger partial charge in [0, 0.05) is 12.2 Å². The minimum atomic E-state index is 0.208. The molecule has 2 aromatic rings. The lowest BCUT2D eigenvalue weighted by Crippen LogP contribution is -2.29. The molecule has 0 unspecified atom stereocenters. The highest BCUT2D eigenvalue weighted by Crippen LogP contribution is 2.17. The first-order chi connectivity index (χ1) is 12.4. The number of benzene rings is 2. The van der Waals surface area contributed by atoms with E-state index in [0.717, 1.165) is 30.8 Å². The van der Waals surface area contributed by atoms with Crippen LogP contribution in [0.3, 0.4) is 0 Å². The van der Waals surface area contributed by atoms with E-state index in [1.807, 2.05) is 26.0 Å². The number of ether oxygens (including phenoxy) is 1. The van der Waals surface area contributed by atoms with Crippen LogP contribution in [0.4, 0.5) is 5.69 Å². The quantitative estimate of drug-likeness (QED) is 0.474. The highest BCUT2D eigenvalue weighted by atomic mass is 32.1. The molecule has 0 heterocycles. The molecule has 2 aromatic carbocycles. The third-order valence-electron chi connectivity index (χ3n) is 4.06.